The Bertz CT molecular complexity index is 737. The molecule has 2 saturated heterocycles. The second kappa shape index (κ2) is 8.85. The van der Waals surface area contributed by atoms with Crippen molar-refractivity contribution in [3.8, 4) is 0 Å². The van der Waals surface area contributed by atoms with Gasteiger partial charge in [0.25, 0.3) is 0 Å². The van der Waals surface area contributed by atoms with E-state index >= 15 is 0 Å². The van der Waals surface area contributed by atoms with Gasteiger partial charge < -0.3 is 15.4 Å². The molecule has 2 bridgehead atoms. The van der Waals surface area contributed by atoms with E-state index < -0.39 is 10.0 Å². The van der Waals surface area contributed by atoms with Crippen LogP contribution in [0.2, 0.25) is 0 Å². The normalized spacial score (nSPS) is 25.2. The minimum absolute atomic E-state index is 0. The molecule has 2 heterocycles. The van der Waals surface area contributed by atoms with Gasteiger partial charge in [0.2, 0.25) is 10.0 Å². The lowest BCUT2D eigenvalue weighted by atomic mass is 9.96. The van der Waals surface area contributed by atoms with Gasteiger partial charge in [0.1, 0.15) is 0 Å². The van der Waals surface area contributed by atoms with Gasteiger partial charge in [-0.15, -0.1) is 24.0 Å². The van der Waals surface area contributed by atoms with Crippen LogP contribution in [0.25, 0.3) is 0 Å². The summed E-state index contributed by atoms with van der Waals surface area (Å²) in [6.45, 7) is 0.573. The lowest BCUT2D eigenvalue weighted by Crippen LogP contribution is -2.47. The van der Waals surface area contributed by atoms with E-state index in [4.69, 9.17) is 4.74 Å². The summed E-state index contributed by atoms with van der Waals surface area (Å²) in [6.07, 6.45) is 3.99. The zero-order valence-electron chi connectivity index (χ0n) is 15.3. The number of hydrogen-bond acceptors (Lipinski definition) is 4. The Hall–Kier alpha value is -0.910. The smallest absolute Gasteiger partial charge is 0.242 e. The number of benzene rings is 1. The minimum atomic E-state index is -3.39. The van der Waals surface area contributed by atoms with Gasteiger partial charge in [0.05, 0.1) is 23.1 Å². The molecule has 0 aromatic heterocycles. The van der Waals surface area contributed by atoms with Crippen LogP contribution in [0.4, 0.5) is 0 Å². The highest BCUT2D eigenvalue weighted by Gasteiger charge is 2.41. The van der Waals surface area contributed by atoms with E-state index in [0.29, 0.717) is 29.7 Å². The largest absolute Gasteiger partial charge is 0.373 e. The molecule has 146 valence electrons. The lowest BCUT2D eigenvalue weighted by Gasteiger charge is -2.22. The molecular weight excluding hydrogens is 467 g/mol. The first-order valence-electron chi connectivity index (χ1n) is 8.54. The number of guanidine groups is 1. The maximum absolute atomic E-state index is 12.1. The summed E-state index contributed by atoms with van der Waals surface area (Å²) in [7, 11) is 1.41. The molecule has 0 aliphatic carbocycles. The Morgan fingerprint density at radius 2 is 1.96 bits per heavy atom. The summed E-state index contributed by atoms with van der Waals surface area (Å²) < 4.78 is 31.2. The molecular formula is C17H27IN4O3S. The van der Waals surface area contributed by atoms with Crippen molar-refractivity contribution in [3.05, 3.63) is 29.8 Å². The predicted molar refractivity (Wildman–Crippen MR) is 112 cm³/mol. The molecule has 26 heavy (non-hydrogen) atoms. The van der Waals surface area contributed by atoms with Gasteiger partial charge in [-0.25, -0.2) is 12.7 Å². The third-order valence-corrected chi connectivity index (χ3v) is 6.64. The van der Waals surface area contributed by atoms with Crippen molar-refractivity contribution in [1.29, 1.82) is 0 Å². The molecule has 1 aromatic rings. The Morgan fingerprint density at radius 1 is 1.27 bits per heavy atom. The van der Waals surface area contributed by atoms with Gasteiger partial charge >= 0.3 is 0 Å². The fourth-order valence-electron chi connectivity index (χ4n) is 3.34. The van der Waals surface area contributed by atoms with Crippen LogP contribution in [0, 0.1) is 0 Å². The fraction of sp³-hybridized carbons (Fsp3) is 0.588. The van der Waals surface area contributed by atoms with E-state index in [0.717, 1.165) is 30.8 Å². The van der Waals surface area contributed by atoms with Gasteiger partial charge in [-0.1, -0.05) is 12.1 Å². The number of hydrogen-bond donors (Lipinski definition) is 2. The van der Waals surface area contributed by atoms with Crippen LogP contribution in [-0.2, 0) is 21.3 Å². The topological polar surface area (TPSA) is 83.0 Å². The Morgan fingerprint density at radius 3 is 2.46 bits per heavy atom. The van der Waals surface area contributed by atoms with Crippen molar-refractivity contribution in [2.75, 3.05) is 21.1 Å². The van der Waals surface area contributed by atoms with Crippen LogP contribution < -0.4 is 10.6 Å². The highest BCUT2D eigenvalue weighted by Crippen LogP contribution is 2.34. The van der Waals surface area contributed by atoms with Crippen molar-refractivity contribution in [3.63, 3.8) is 0 Å². The van der Waals surface area contributed by atoms with Crippen molar-refractivity contribution >= 4 is 40.0 Å². The number of rotatable bonds is 5. The van der Waals surface area contributed by atoms with Crippen molar-refractivity contribution in [2.24, 2.45) is 4.99 Å². The van der Waals surface area contributed by atoms with Crippen LogP contribution in [0.5, 0.6) is 0 Å². The van der Waals surface area contributed by atoms with Gasteiger partial charge in [0.15, 0.2) is 5.96 Å². The first-order chi connectivity index (χ1) is 11.9. The molecule has 0 radical (unpaired) electrons. The summed E-state index contributed by atoms with van der Waals surface area (Å²) in [5.41, 5.74) is 0.991. The number of fused-ring (bicyclic) bond motifs is 2. The number of ether oxygens (including phenoxy) is 1. The second-order valence-electron chi connectivity index (χ2n) is 6.72. The van der Waals surface area contributed by atoms with Crippen molar-refractivity contribution in [2.45, 2.75) is 49.0 Å². The van der Waals surface area contributed by atoms with Crippen molar-refractivity contribution < 1.29 is 13.2 Å². The standard InChI is InChI=1S/C17H26N4O3S.HI/c1-18-17(20-15-10-13-6-9-16(15)24-13)19-11-12-4-7-14(8-5-12)25(22,23)21(2)3;/h4-5,7-8,13,15-16H,6,9-11H2,1-3H3,(H2,18,19,20);1H. The number of aliphatic imine (C=N–C) groups is 1. The molecule has 0 spiro atoms. The van der Waals surface area contributed by atoms with Crippen LogP contribution in [0.15, 0.2) is 34.2 Å². The van der Waals surface area contributed by atoms with Crippen LogP contribution in [-0.4, -0.2) is 58.1 Å². The monoisotopic (exact) mass is 494 g/mol. The fourth-order valence-corrected chi connectivity index (χ4v) is 4.24. The first kappa shape index (κ1) is 21.4. The average Bonchev–Trinajstić information content (AvgIpc) is 3.21. The molecule has 0 saturated carbocycles. The summed E-state index contributed by atoms with van der Waals surface area (Å²) in [4.78, 5) is 4.56. The number of sulfonamides is 1. The van der Waals surface area contributed by atoms with Gasteiger partial charge in [-0.05, 0) is 37.0 Å². The van der Waals surface area contributed by atoms with Crippen LogP contribution >= 0.6 is 24.0 Å². The SMILES string of the molecule is CN=C(NCc1ccc(S(=O)(=O)N(C)C)cc1)NC1CC2CCC1O2.I. The van der Waals surface area contributed by atoms with E-state index in [1.54, 1.807) is 19.2 Å². The van der Waals surface area contributed by atoms with E-state index in [-0.39, 0.29) is 24.0 Å². The highest BCUT2D eigenvalue weighted by atomic mass is 127. The molecule has 2 fully saturated rings. The quantitative estimate of drug-likeness (QED) is 0.369. The third kappa shape index (κ3) is 4.68. The summed E-state index contributed by atoms with van der Waals surface area (Å²) in [5, 5.41) is 6.71. The molecule has 2 aliphatic heterocycles. The molecule has 2 N–H and O–H groups in total. The molecule has 1 aromatic carbocycles. The van der Waals surface area contributed by atoms with Gasteiger partial charge in [0, 0.05) is 27.7 Å². The Labute approximate surface area is 172 Å². The first-order valence-corrected chi connectivity index (χ1v) is 9.98. The highest BCUT2D eigenvalue weighted by molar-refractivity contribution is 14.0. The van der Waals surface area contributed by atoms with Gasteiger partial charge in [-0.2, -0.15) is 0 Å². The molecule has 3 unspecified atom stereocenters. The van der Waals surface area contributed by atoms with Crippen molar-refractivity contribution in [1.82, 2.24) is 14.9 Å². The maximum Gasteiger partial charge on any atom is 0.242 e. The maximum atomic E-state index is 12.1. The average molecular weight is 494 g/mol. The summed E-state index contributed by atoms with van der Waals surface area (Å²) >= 11 is 0. The molecule has 3 rings (SSSR count). The Balaban J connectivity index is 0.00000243. The van der Waals surface area contributed by atoms with E-state index in [9.17, 15) is 8.42 Å². The molecule has 3 atom stereocenters. The van der Waals surface area contributed by atoms with Crippen LogP contribution in [0.3, 0.4) is 0 Å². The number of nitrogens with one attached hydrogen (secondary N) is 2. The molecule has 0 amide bonds. The zero-order chi connectivity index (χ0) is 18.0. The second-order valence-corrected chi connectivity index (χ2v) is 8.87. The lowest BCUT2D eigenvalue weighted by molar-refractivity contribution is 0.0992. The Kier molecular flexibility index (Phi) is 7.28. The molecule has 2 aliphatic rings. The van der Waals surface area contributed by atoms with E-state index in [1.807, 2.05) is 12.1 Å². The predicted octanol–water partition coefficient (Wildman–Crippen LogP) is 1.54. The zero-order valence-corrected chi connectivity index (χ0v) is 18.5. The summed E-state index contributed by atoms with van der Waals surface area (Å²) in [5.74, 6) is 0.742. The third-order valence-electron chi connectivity index (χ3n) is 4.81. The molecule has 9 heteroatoms. The van der Waals surface area contributed by atoms with E-state index in [1.165, 1.54) is 18.4 Å². The van der Waals surface area contributed by atoms with E-state index in [2.05, 4.69) is 15.6 Å². The number of halogens is 1. The van der Waals surface area contributed by atoms with Gasteiger partial charge in [-0.3, -0.25) is 4.99 Å². The minimum Gasteiger partial charge on any atom is -0.373 e. The number of nitrogens with zero attached hydrogens (tertiary/aromatic N) is 2. The summed E-state index contributed by atoms with van der Waals surface area (Å²) in [6, 6.07) is 7.21. The van der Waals surface area contributed by atoms with Crippen LogP contribution in [0.1, 0.15) is 24.8 Å². The molecule has 7 nitrogen and oxygen atoms in total.